The Morgan fingerprint density at radius 1 is 1.29 bits per heavy atom. The van der Waals surface area contributed by atoms with Crippen molar-refractivity contribution >= 4 is 11.8 Å². The molecule has 2 amide bonds. The van der Waals surface area contributed by atoms with E-state index in [1.165, 1.54) is 0 Å². The lowest BCUT2D eigenvalue weighted by atomic mass is 10.2. The van der Waals surface area contributed by atoms with Gasteiger partial charge in [-0.1, -0.05) is 0 Å². The van der Waals surface area contributed by atoms with E-state index in [2.05, 4.69) is 10.6 Å². The van der Waals surface area contributed by atoms with Crippen molar-refractivity contribution < 1.29 is 9.59 Å². The van der Waals surface area contributed by atoms with Crippen LogP contribution in [0.4, 0.5) is 0 Å². The second-order valence-corrected chi connectivity index (χ2v) is 4.41. The maximum atomic E-state index is 11.9. The number of nitrogens with zero attached hydrogens (tertiary/aromatic N) is 1. The maximum Gasteiger partial charge on any atom is 0.239 e. The van der Waals surface area contributed by atoms with Gasteiger partial charge in [0.25, 0.3) is 0 Å². The molecule has 0 bridgehead atoms. The zero-order chi connectivity index (χ0) is 12.7. The van der Waals surface area contributed by atoms with E-state index in [0.29, 0.717) is 19.5 Å². The molecule has 17 heavy (non-hydrogen) atoms. The van der Waals surface area contributed by atoms with Crippen molar-refractivity contribution in [3.8, 4) is 0 Å². The van der Waals surface area contributed by atoms with E-state index in [9.17, 15) is 9.59 Å². The Morgan fingerprint density at radius 3 is 2.53 bits per heavy atom. The average Bonchev–Trinajstić information content (AvgIpc) is 2.81. The molecule has 1 saturated heterocycles. The second-order valence-electron chi connectivity index (χ2n) is 4.41. The standard InChI is InChI=1S/C12H23N3O2/c1-3-13-11(16)6-7-14-10(2)12(17)15-8-4-5-9-15/h10,14H,3-9H2,1-2H3,(H,13,16). The molecular formula is C12H23N3O2. The maximum absolute atomic E-state index is 11.9. The molecule has 1 fully saturated rings. The predicted octanol–water partition coefficient (Wildman–Crippen LogP) is 0.113. The molecular weight excluding hydrogens is 218 g/mol. The number of carbonyl (C=O) groups is 2. The summed E-state index contributed by atoms with van der Waals surface area (Å²) in [6.07, 6.45) is 2.64. The van der Waals surface area contributed by atoms with Crippen molar-refractivity contribution in [3.63, 3.8) is 0 Å². The van der Waals surface area contributed by atoms with Crippen LogP contribution in [0.1, 0.15) is 33.1 Å². The van der Waals surface area contributed by atoms with Gasteiger partial charge in [0.2, 0.25) is 11.8 Å². The van der Waals surface area contributed by atoms with E-state index in [-0.39, 0.29) is 17.9 Å². The molecule has 0 spiro atoms. The first kappa shape index (κ1) is 14.0. The van der Waals surface area contributed by atoms with E-state index in [4.69, 9.17) is 0 Å². The second kappa shape index (κ2) is 7.27. The highest BCUT2D eigenvalue weighted by molar-refractivity contribution is 5.81. The SMILES string of the molecule is CCNC(=O)CCNC(C)C(=O)N1CCCC1. The monoisotopic (exact) mass is 241 g/mol. The van der Waals surface area contributed by atoms with Crippen molar-refractivity contribution in [1.82, 2.24) is 15.5 Å². The minimum absolute atomic E-state index is 0.0285. The van der Waals surface area contributed by atoms with E-state index in [0.717, 1.165) is 25.9 Å². The molecule has 0 aromatic heterocycles. The van der Waals surface area contributed by atoms with Crippen LogP contribution in [0.3, 0.4) is 0 Å². The van der Waals surface area contributed by atoms with Gasteiger partial charge in [0.15, 0.2) is 0 Å². The molecule has 0 aromatic rings. The van der Waals surface area contributed by atoms with Gasteiger partial charge in [-0.05, 0) is 26.7 Å². The lowest BCUT2D eigenvalue weighted by Gasteiger charge is -2.21. The summed E-state index contributed by atoms with van der Waals surface area (Å²) >= 11 is 0. The summed E-state index contributed by atoms with van der Waals surface area (Å²) in [7, 11) is 0. The van der Waals surface area contributed by atoms with Crippen LogP contribution in [0.25, 0.3) is 0 Å². The molecule has 0 aromatic carbocycles. The molecule has 1 unspecified atom stereocenters. The van der Waals surface area contributed by atoms with Crippen molar-refractivity contribution in [2.45, 2.75) is 39.2 Å². The van der Waals surface area contributed by atoms with Crippen LogP contribution >= 0.6 is 0 Å². The molecule has 0 radical (unpaired) electrons. The van der Waals surface area contributed by atoms with Gasteiger partial charge in [-0.15, -0.1) is 0 Å². The van der Waals surface area contributed by atoms with Crippen LogP contribution < -0.4 is 10.6 Å². The Kier molecular flexibility index (Phi) is 5.97. The Bertz CT molecular complexity index is 262. The Labute approximate surface area is 103 Å². The minimum Gasteiger partial charge on any atom is -0.356 e. The molecule has 1 heterocycles. The summed E-state index contributed by atoms with van der Waals surface area (Å²) in [6, 6.07) is -0.192. The summed E-state index contributed by atoms with van der Waals surface area (Å²) in [5.74, 6) is 0.180. The molecule has 0 aliphatic carbocycles. The lowest BCUT2D eigenvalue weighted by molar-refractivity contribution is -0.132. The van der Waals surface area contributed by atoms with E-state index in [1.807, 2.05) is 18.7 Å². The first-order valence-corrected chi connectivity index (χ1v) is 6.44. The van der Waals surface area contributed by atoms with Crippen LogP contribution in [0.2, 0.25) is 0 Å². The predicted molar refractivity (Wildman–Crippen MR) is 66.6 cm³/mol. The van der Waals surface area contributed by atoms with Crippen LogP contribution in [-0.2, 0) is 9.59 Å². The van der Waals surface area contributed by atoms with Crippen LogP contribution in [0.5, 0.6) is 0 Å². The quantitative estimate of drug-likeness (QED) is 0.694. The fraction of sp³-hybridized carbons (Fsp3) is 0.833. The highest BCUT2D eigenvalue weighted by Crippen LogP contribution is 2.08. The van der Waals surface area contributed by atoms with E-state index < -0.39 is 0 Å². The van der Waals surface area contributed by atoms with Gasteiger partial charge in [0.1, 0.15) is 0 Å². The third-order valence-corrected chi connectivity index (χ3v) is 2.96. The first-order chi connectivity index (χ1) is 8.15. The summed E-state index contributed by atoms with van der Waals surface area (Å²) in [5.41, 5.74) is 0. The van der Waals surface area contributed by atoms with Crippen molar-refractivity contribution in [2.75, 3.05) is 26.2 Å². The van der Waals surface area contributed by atoms with Gasteiger partial charge >= 0.3 is 0 Å². The number of rotatable bonds is 6. The van der Waals surface area contributed by atoms with Gasteiger partial charge in [-0.2, -0.15) is 0 Å². The van der Waals surface area contributed by atoms with E-state index in [1.54, 1.807) is 0 Å². The highest BCUT2D eigenvalue weighted by Gasteiger charge is 2.22. The third-order valence-electron chi connectivity index (χ3n) is 2.96. The summed E-state index contributed by atoms with van der Waals surface area (Å²) in [6.45, 7) is 6.71. The molecule has 1 rings (SSSR count). The Hall–Kier alpha value is -1.10. The minimum atomic E-state index is -0.192. The summed E-state index contributed by atoms with van der Waals surface area (Å²) in [4.78, 5) is 25.0. The zero-order valence-corrected chi connectivity index (χ0v) is 10.8. The molecule has 1 aliphatic rings. The van der Waals surface area contributed by atoms with E-state index >= 15 is 0 Å². The van der Waals surface area contributed by atoms with Gasteiger partial charge in [0, 0.05) is 32.6 Å². The molecule has 5 heteroatoms. The number of hydrogen-bond donors (Lipinski definition) is 2. The van der Waals surface area contributed by atoms with Gasteiger partial charge < -0.3 is 15.5 Å². The van der Waals surface area contributed by atoms with Gasteiger partial charge in [0.05, 0.1) is 6.04 Å². The summed E-state index contributed by atoms with van der Waals surface area (Å²) in [5, 5.41) is 5.83. The lowest BCUT2D eigenvalue weighted by Crippen LogP contribution is -2.44. The largest absolute Gasteiger partial charge is 0.356 e. The summed E-state index contributed by atoms with van der Waals surface area (Å²) < 4.78 is 0. The van der Waals surface area contributed by atoms with Gasteiger partial charge in [-0.3, -0.25) is 9.59 Å². The molecule has 98 valence electrons. The highest BCUT2D eigenvalue weighted by atomic mass is 16.2. The average molecular weight is 241 g/mol. The number of nitrogens with one attached hydrogen (secondary N) is 2. The third kappa shape index (κ3) is 4.73. The fourth-order valence-electron chi connectivity index (χ4n) is 1.99. The molecule has 5 nitrogen and oxygen atoms in total. The van der Waals surface area contributed by atoms with Crippen molar-refractivity contribution in [1.29, 1.82) is 0 Å². The number of amides is 2. The topological polar surface area (TPSA) is 61.4 Å². The van der Waals surface area contributed by atoms with Crippen LogP contribution in [-0.4, -0.2) is 48.9 Å². The van der Waals surface area contributed by atoms with Crippen molar-refractivity contribution in [3.05, 3.63) is 0 Å². The smallest absolute Gasteiger partial charge is 0.239 e. The molecule has 1 aliphatic heterocycles. The fourth-order valence-corrected chi connectivity index (χ4v) is 1.99. The van der Waals surface area contributed by atoms with Crippen LogP contribution in [0.15, 0.2) is 0 Å². The first-order valence-electron chi connectivity index (χ1n) is 6.44. The zero-order valence-electron chi connectivity index (χ0n) is 10.8. The molecule has 1 atom stereocenters. The Balaban J connectivity index is 2.17. The van der Waals surface area contributed by atoms with Crippen LogP contribution in [0, 0.1) is 0 Å². The Morgan fingerprint density at radius 2 is 1.94 bits per heavy atom. The number of likely N-dealkylation sites (tertiary alicyclic amines) is 1. The number of carbonyl (C=O) groups excluding carboxylic acids is 2. The van der Waals surface area contributed by atoms with Gasteiger partial charge in [-0.25, -0.2) is 0 Å². The molecule has 2 N–H and O–H groups in total. The molecule has 0 saturated carbocycles. The number of hydrogen-bond acceptors (Lipinski definition) is 3. The van der Waals surface area contributed by atoms with Crippen molar-refractivity contribution in [2.24, 2.45) is 0 Å². The normalized spacial score (nSPS) is 16.9.